The summed E-state index contributed by atoms with van der Waals surface area (Å²) >= 11 is 12.5. The highest BCUT2D eigenvalue weighted by Crippen LogP contribution is 2.37. The van der Waals surface area contributed by atoms with E-state index < -0.39 is 0 Å². The maximum absolute atomic E-state index is 6.38. The molecule has 0 saturated heterocycles. The van der Waals surface area contributed by atoms with Gasteiger partial charge in [0.15, 0.2) is 0 Å². The summed E-state index contributed by atoms with van der Waals surface area (Å²) in [6.45, 7) is 7.93. The first-order valence-corrected chi connectivity index (χ1v) is 8.94. The Labute approximate surface area is 139 Å². The summed E-state index contributed by atoms with van der Waals surface area (Å²) in [5, 5.41) is 5.08. The second-order valence-corrected chi connectivity index (χ2v) is 7.44. The summed E-state index contributed by atoms with van der Waals surface area (Å²) < 4.78 is 0. The predicted octanol–water partition coefficient (Wildman–Crippen LogP) is 5.59. The average Bonchev–Trinajstić information content (AvgIpc) is 2.45. The lowest BCUT2D eigenvalue weighted by Crippen LogP contribution is -2.42. The van der Waals surface area contributed by atoms with Gasteiger partial charge in [-0.25, -0.2) is 0 Å². The standard InChI is InChI=1S/C18H27Cl2N/c1-4-21-17-9-8-13(12(2)3)10-15(17)11-14-6-5-7-16(19)18(14)20/h5-7,12-13,15,17,21H,4,8-11H2,1-3H3. The molecule has 2 rings (SSSR count). The van der Waals surface area contributed by atoms with E-state index in [2.05, 4.69) is 32.2 Å². The van der Waals surface area contributed by atoms with Crippen LogP contribution in [0.3, 0.4) is 0 Å². The Morgan fingerprint density at radius 1 is 1.24 bits per heavy atom. The Hall–Kier alpha value is -0.240. The molecule has 0 radical (unpaired) electrons. The number of hydrogen-bond acceptors (Lipinski definition) is 1. The highest BCUT2D eigenvalue weighted by atomic mass is 35.5. The van der Waals surface area contributed by atoms with Crippen molar-refractivity contribution in [2.45, 2.75) is 52.5 Å². The predicted molar refractivity (Wildman–Crippen MR) is 93.3 cm³/mol. The molecule has 21 heavy (non-hydrogen) atoms. The Kier molecular flexibility index (Phi) is 6.40. The van der Waals surface area contributed by atoms with Crippen molar-refractivity contribution in [3.8, 4) is 0 Å². The van der Waals surface area contributed by atoms with Crippen LogP contribution in [0.1, 0.15) is 45.6 Å². The summed E-state index contributed by atoms with van der Waals surface area (Å²) in [4.78, 5) is 0. The van der Waals surface area contributed by atoms with Gasteiger partial charge >= 0.3 is 0 Å². The zero-order valence-electron chi connectivity index (χ0n) is 13.3. The first-order valence-electron chi connectivity index (χ1n) is 8.19. The molecule has 0 spiro atoms. The second-order valence-electron chi connectivity index (χ2n) is 6.66. The van der Waals surface area contributed by atoms with Crippen molar-refractivity contribution >= 4 is 23.2 Å². The van der Waals surface area contributed by atoms with Crippen molar-refractivity contribution in [3.05, 3.63) is 33.8 Å². The fourth-order valence-electron chi connectivity index (χ4n) is 3.65. The van der Waals surface area contributed by atoms with Crippen LogP contribution in [0.15, 0.2) is 18.2 Å². The van der Waals surface area contributed by atoms with Crippen molar-refractivity contribution in [2.75, 3.05) is 6.54 Å². The third kappa shape index (κ3) is 4.37. The maximum Gasteiger partial charge on any atom is 0.0624 e. The molecule has 1 N–H and O–H groups in total. The highest BCUT2D eigenvalue weighted by molar-refractivity contribution is 6.42. The van der Waals surface area contributed by atoms with E-state index in [1.54, 1.807) is 0 Å². The number of halogens is 2. The van der Waals surface area contributed by atoms with Crippen molar-refractivity contribution in [1.82, 2.24) is 5.32 Å². The summed E-state index contributed by atoms with van der Waals surface area (Å²) in [6, 6.07) is 6.61. The molecule has 0 bridgehead atoms. The van der Waals surface area contributed by atoms with Gasteiger partial charge in [-0.2, -0.15) is 0 Å². The van der Waals surface area contributed by atoms with Crippen LogP contribution in [0, 0.1) is 17.8 Å². The van der Waals surface area contributed by atoms with E-state index in [0.717, 1.165) is 29.8 Å². The Bertz CT molecular complexity index is 459. The Balaban J connectivity index is 2.13. The van der Waals surface area contributed by atoms with Gasteiger partial charge in [-0.15, -0.1) is 0 Å². The van der Waals surface area contributed by atoms with Crippen molar-refractivity contribution in [1.29, 1.82) is 0 Å². The van der Waals surface area contributed by atoms with E-state index in [0.29, 0.717) is 17.0 Å². The molecule has 1 aromatic carbocycles. The number of rotatable bonds is 5. The molecular formula is C18H27Cl2N. The summed E-state index contributed by atoms with van der Waals surface area (Å²) in [6.07, 6.45) is 4.94. The third-order valence-electron chi connectivity index (χ3n) is 4.95. The van der Waals surface area contributed by atoms with Gasteiger partial charge in [0.05, 0.1) is 10.0 Å². The molecular weight excluding hydrogens is 301 g/mol. The monoisotopic (exact) mass is 327 g/mol. The zero-order valence-corrected chi connectivity index (χ0v) is 14.8. The van der Waals surface area contributed by atoms with Crippen molar-refractivity contribution in [2.24, 2.45) is 17.8 Å². The molecule has 1 fully saturated rings. The normalized spacial score (nSPS) is 26.3. The third-order valence-corrected chi connectivity index (χ3v) is 5.80. The summed E-state index contributed by atoms with van der Waals surface area (Å²) in [7, 11) is 0. The van der Waals surface area contributed by atoms with Crippen LogP contribution in [0.25, 0.3) is 0 Å². The highest BCUT2D eigenvalue weighted by Gasteiger charge is 2.31. The van der Waals surface area contributed by atoms with Gasteiger partial charge in [-0.3, -0.25) is 0 Å². The molecule has 0 aromatic heterocycles. The van der Waals surface area contributed by atoms with Crippen molar-refractivity contribution in [3.63, 3.8) is 0 Å². The molecule has 1 aliphatic carbocycles. The van der Waals surface area contributed by atoms with Crippen LogP contribution in [-0.4, -0.2) is 12.6 Å². The molecule has 1 saturated carbocycles. The van der Waals surface area contributed by atoms with Crippen LogP contribution in [0.2, 0.25) is 10.0 Å². The fraction of sp³-hybridized carbons (Fsp3) is 0.667. The van der Waals surface area contributed by atoms with E-state index in [1.165, 1.54) is 24.8 Å². The second kappa shape index (κ2) is 7.85. The van der Waals surface area contributed by atoms with E-state index in [-0.39, 0.29) is 0 Å². The molecule has 0 heterocycles. The number of hydrogen-bond donors (Lipinski definition) is 1. The summed E-state index contributed by atoms with van der Waals surface area (Å²) in [5.74, 6) is 2.26. The first-order chi connectivity index (χ1) is 10.0. The first kappa shape index (κ1) is 17.1. The number of nitrogens with one attached hydrogen (secondary N) is 1. The van der Waals surface area contributed by atoms with E-state index >= 15 is 0 Å². The molecule has 1 aromatic rings. The summed E-state index contributed by atoms with van der Waals surface area (Å²) in [5.41, 5.74) is 1.20. The number of benzene rings is 1. The molecule has 3 heteroatoms. The van der Waals surface area contributed by atoms with E-state index in [1.807, 2.05) is 12.1 Å². The SMILES string of the molecule is CCNC1CCC(C(C)C)CC1Cc1cccc(Cl)c1Cl. The van der Waals surface area contributed by atoms with Crippen LogP contribution in [-0.2, 0) is 6.42 Å². The lowest BCUT2D eigenvalue weighted by atomic mass is 9.71. The quantitative estimate of drug-likeness (QED) is 0.743. The Morgan fingerprint density at radius 3 is 2.67 bits per heavy atom. The minimum atomic E-state index is 0.611. The smallest absolute Gasteiger partial charge is 0.0624 e. The van der Waals surface area contributed by atoms with Gasteiger partial charge < -0.3 is 5.32 Å². The molecule has 3 atom stereocenters. The molecule has 0 amide bonds. The molecule has 1 aliphatic rings. The fourth-order valence-corrected chi connectivity index (χ4v) is 4.05. The Morgan fingerprint density at radius 2 is 2.00 bits per heavy atom. The molecule has 0 aliphatic heterocycles. The van der Waals surface area contributed by atoms with E-state index in [4.69, 9.17) is 23.2 Å². The van der Waals surface area contributed by atoms with Crippen molar-refractivity contribution < 1.29 is 0 Å². The zero-order chi connectivity index (χ0) is 15.4. The average molecular weight is 328 g/mol. The van der Waals surface area contributed by atoms with Crippen LogP contribution >= 0.6 is 23.2 Å². The maximum atomic E-state index is 6.38. The van der Waals surface area contributed by atoms with Crippen LogP contribution in [0.4, 0.5) is 0 Å². The minimum Gasteiger partial charge on any atom is -0.314 e. The van der Waals surface area contributed by atoms with Gasteiger partial charge in [0.25, 0.3) is 0 Å². The van der Waals surface area contributed by atoms with Gasteiger partial charge in [0.2, 0.25) is 0 Å². The lowest BCUT2D eigenvalue weighted by molar-refractivity contribution is 0.169. The molecule has 118 valence electrons. The van der Waals surface area contributed by atoms with Gasteiger partial charge in [-0.1, -0.05) is 56.1 Å². The minimum absolute atomic E-state index is 0.611. The van der Waals surface area contributed by atoms with E-state index in [9.17, 15) is 0 Å². The lowest BCUT2D eigenvalue weighted by Gasteiger charge is -2.38. The topological polar surface area (TPSA) is 12.0 Å². The van der Waals surface area contributed by atoms with Crippen LogP contribution in [0.5, 0.6) is 0 Å². The largest absolute Gasteiger partial charge is 0.314 e. The molecule has 1 nitrogen and oxygen atoms in total. The van der Waals surface area contributed by atoms with Gasteiger partial charge in [0, 0.05) is 6.04 Å². The van der Waals surface area contributed by atoms with Gasteiger partial charge in [0.1, 0.15) is 0 Å². The molecule has 3 unspecified atom stereocenters. The van der Waals surface area contributed by atoms with Gasteiger partial charge in [-0.05, 0) is 61.6 Å². The van der Waals surface area contributed by atoms with Crippen LogP contribution < -0.4 is 5.32 Å².